The summed E-state index contributed by atoms with van der Waals surface area (Å²) in [6, 6.07) is 25.7. The Morgan fingerprint density at radius 2 is 1.58 bits per heavy atom. The summed E-state index contributed by atoms with van der Waals surface area (Å²) in [6.45, 7) is 0. The van der Waals surface area contributed by atoms with E-state index in [0.717, 1.165) is 22.7 Å². The van der Waals surface area contributed by atoms with Crippen LogP contribution in [0.15, 0.2) is 96.2 Å². The number of allylic oxidation sites excluding steroid dienone is 1. The van der Waals surface area contributed by atoms with E-state index in [1.165, 1.54) is 0 Å². The average molecular weight is 405 g/mol. The molecule has 0 amide bonds. The molecule has 4 nitrogen and oxygen atoms in total. The molecule has 128 valence electrons. The first-order valence-electron chi connectivity index (χ1n) is 8.15. The Balaban J connectivity index is 1.75. The van der Waals surface area contributed by atoms with Gasteiger partial charge in [0, 0.05) is 0 Å². The van der Waals surface area contributed by atoms with Gasteiger partial charge < -0.3 is 0 Å². The molecule has 2 aromatic carbocycles. The van der Waals surface area contributed by atoms with Crippen LogP contribution in [0.2, 0.25) is 0 Å². The summed E-state index contributed by atoms with van der Waals surface area (Å²) in [6.07, 6.45) is 5.71. The van der Waals surface area contributed by atoms with E-state index in [9.17, 15) is 0 Å². The molecule has 0 spiro atoms. The van der Waals surface area contributed by atoms with E-state index in [-0.39, 0.29) is 0 Å². The molecule has 3 rings (SSSR count). The van der Waals surface area contributed by atoms with E-state index in [1.54, 1.807) is 6.20 Å². The molecule has 26 heavy (non-hydrogen) atoms. The van der Waals surface area contributed by atoms with Gasteiger partial charge in [-0.2, -0.15) is 0 Å². The molecule has 5 heteroatoms. The fraction of sp³-hybridized carbons (Fsp3) is 0. The molecule has 0 bridgehead atoms. The molecule has 0 aliphatic rings. The second kappa shape index (κ2) is 9.47. The van der Waals surface area contributed by atoms with Crippen LogP contribution in [0.25, 0.3) is 6.08 Å². The summed E-state index contributed by atoms with van der Waals surface area (Å²) in [4.78, 5) is 4.39. The van der Waals surface area contributed by atoms with Crippen molar-refractivity contribution < 1.29 is 0 Å². The number of benzene rings is 2. The van der Waals surface area contributed by atoms with Crippen molar-refractivity contribution in [3.05, 3.63) is 102 Å². The van der Waals surface area contributed by atoms with Gasteiger partial charge in [0.05, 0.1) is 0 Å². The van der Waals surface area contributed by atoms with Gasteiger partial charge in [0.25, 0.3) is 0 Å². The zero-order valence-electron chi connectivity index (χ0n) is 14.0. The maximum absolute atomic E-state index is 4.49. The molecular weight excluding hydrogens is 387 g/mol. The molecule has 1 aromatic heterocycles. The van der Waals surface area contributed by atoms with Gasteiger partial charge in [-0.05, 0) is 0 Å². The Morgan fingerprint density at radius 1 is 0.885 bits per heavy atom. The first-order valence-corrected chi connectivity index (χ1v) is 9.01. The van der Waals surface area contributed by atoms with Crippen molar-refractivity contribution in [2.75, 3.05) is 5.32 Å². The Morgan fingerprint density at radius 3 is 2.27 bits per heavy atom. The average Bonchev–Trinajstić information content (AvgIpc) is 2.70. The van der Waals surface area contributed by atoms with Gasteiger partial charge in [-0.3, -0.25) is 0 Å². The number of hydrogen-bond donors (Lipinski definition) is 2. The SMILES string of the molecule is [Se]=C(NN=C(C=Cc1ccccc1)c1ccccn1)Nc1ccccc1. The molecule has 0 saturated carbocycles. The number of anilines is 1. The third-order valence-electron chi connectivity index (χ3n) is 3.47. The first kappa shape index (κ1) is 17.8. The van der Waals surface area contributed by atoms with Crippen molar-refractivity contribution >= 4 is 37.7 Å². The first-order chi connectivity index (χ1) is 12.8. The van der Waals surface area contributed by atoms with E-state index in [1.807, 2.05) is 91.0 Å². The quantitative estimate of drug-likeness (QED) is 0.360. The van der Waals surface area contributed by atoms with Crippen LogP contribution in [0.5, 0.6) is 0 Å². The summed E-state index contributed by atoms with van der Waals surface area (Å²) in [5, 5.41) is 7.71. The van der Waals surface area contributed by atoms with Crippen LogP contribution in [0, 0.1) is 0 Å². The molecule has 0 unspecified atom stereocenters. The molecule has 0 saturated heterocycles. The van der Waals surface area contributed by atoms with Crippen molar-refractivity contribution in [2.24, 2.45) is 5.10 Å². The predicted molar refractivity (Wildman–Crippen MR) is 110 cm³/mol. The van der Waals surface area contributed by atoms with Crippen molar-refractivity contribution in [1.82, 2.24) is 10.4 Å². The third-order valence-corrected chi connectivity index (χ3v) is 3.88. The Hall–Kier alpha value is -3.01. The molecule has 0 radical (unpaired) electrons. The summed E-state index contributed by atoms with van der Waals surface area (Å²) in [5.41, 5.74) is 6.62. The standard InChI is InChI=1S/C21H18N4Se/c26-21(23-18-11-5-2-6-12-18)25-24-20(19-13-7-8-16-22-19)15-14-17-9-3-1-4-10-17/h1-16H,(H2,23,25,26). The Kier molecular flexibility index (Phi) is 6.48. The molecule has 1 heterocycles. The van der Waals surface area contributed by atoms with E-state index < -0.39 is 0 Å². The van der Waals surface area contributed by atoms with Crippen LogP contribution in [0.1, 0.15) is 11.3 Å². The van der Waals surface area contributed by atoms with E-state index in [2.05, 4.69) is 36.4 Å². The van der Waals surface area contributed by atoms with Gasteiger partial charge in [0.15, 0.2) is 0 Å². The fourth-order valence-electron chi connectivity index (χ4n) is 2.23. The van der Waals surface area contributed by atoms with Crippen molar-refractivity contribution in [3.63, 3.8) is 0 Å². The molecule has 0 aliphatic heterocycles. The van der Waals surface area contributed by atoms with Crippen LogP contribution in [0.4, 0.5) is 5.69 Å². The van der Waals surface area contributed by atoms with E-state index >= 15 is 0 Å². The van der Waals surface area contributed by atoms with Gasteiger partial charge >= 0.3 is 161 Å². The number of para-hydroxylation sites is 1. The van der Waals surface area contributed by atoms with E-state index in [0.29, 0.717) is 4.67 Å². The minimum atomic E-state index is 0.706. The number of hydrazone groups is 1. The number of nitrogens with one attached hydrogen (secondary N) is 2. The molecule has 0 atom stereocenters. The Bertz CT molecular complexity index is 891. The van der Waals surface area contributed by atoms with Gasteiger partial charge in [0.1, 0.15) is 0 Å². The monoisotopic (exact) mass is 406 g/mol. The maximum atomic E-state index is 4.49. The summed E-state index contributed by atoms with van der Waals surface area (Å²) in [5.74, 6) is 0. The van der Waals surface area contributed by atoms with Gasteiger partial charge in [-0.25, -0.2) is 0 Å². The van der Waals surface area contributed by atoms with Crippen molar-refractivity contribution in [1.29, 1.82) is 0 Å². The van der Waals surface area contributed by atoms with Crippen LogP contribution in [-0.4, -0.2) is 30.9 Å². The second-order valence-corrected chi connectivity index (χ2v) is 6.24. The summed E-state index contributed by atoms with van der Waals surface area (Å²) >= 11 is 2.95. The molecule has 0 aliphatic carbocycles. The van der Waals surface area contributed by atoms with Crippen LogP contribution >= 0.6 is 0 Å². The van der Waals surface area contributed by atoms with Crippen molar-refractivity contribution in [2.45, 2.75) is 0 Å². The molecule has 2 N–H and O–H groups in total. The summed E-state index contributed by atoms with van der Waals surface area (Å²) < 4.78 is 0.706. The fourth-order valence-corrected chi connectivity index (χ4v) is 2.57. The van der Waals surface area contributed by atoms with E-state index in [4.69, 9.17) is 0 Å². The molecular formula is C21H18N4Se. The van der Waals surface area contributed by atoms with Gasteiger partial charge in [-0.15, -0.1) is 0 Å². The van der Waals surface area contributed by atoms with Crippen molar-refractivity contribution in [3.8, 4) is 0 Å². The van der Waals surface area contributed by atoms with Gasteiger partial charge in [0.2, 0.25) is 0 Å². The third kappa shape index (κ3) is 5.52. The minimum absolute atomic E-state index is 0.706. The number of nitrogens with zero attached hydrogens (tertiary/aromatic N) is 2. The Labute approximate surface area is 161 Å². The normalized spacial score (nSPS) is 11.3. The topological polar surface area (TPSA) is 49.3 Å². The zero-order valence-corrected chi connectivity index (χ0v) is 15.8. The summed E-state index contributed by atoms with van der Waals surface area (Å²) in [7, 11) is 0. The van der Waals surface area contributed by atoms with Crippen LogP contribution < -0.4 is 10.7 Å². The molecule has 0 fully saturated rings. The second-order valence-electron chi connectivity index (χ2n) is 5.39. The number of pyridine rings is 1. The number of rotatable bonds is 7. The number of aromatic nitrogens is 1. The molecule has 3 aromatic rings. The van der Waals surface area contributed by atoms with Crippen LogP contribution in [-0.2, 0) is 0 Å². The van der Waals surface area contributed by atoms with Crippen LogP contribution in [0.3, 0.4) is 0 Å². The zero-order chi connectivity index (χ0) is 18.0. The van der Waals surface area contributed by atoms with Gasteiger partial charge in [-0.1, -0.05) is 0 Å². The number of hydrogen-bond acceptors (Lipinski definition) is 4. The predicted octanol–water partition coefficient (Wildman–Crippen LogP) is 3.46.